The second-order valence-electron chi connectivity index (χ2n) is 6.01. The molecule has 0 atom stereocenters. The molecule has 1 saturated carbocycles. The van der Waals surface area contributed by atoms with Crippen LogP contribution in [0.25, 0.3) is 0 Å². The summed E-state index contributed by atoms with van der Waals surface area (Å²) in [7, 11) is 0. The van der Waals surface area contributed by atoms with Gasteiger partial charge < -0.3 is 9.84 Å². The number of benzene rings is 2. The first-order valence-electron chi connectivity index (χ1n) is 8.00. The molecule has 0 saturated heterocycles. The topological polar surface area (TPSA) is 68.0 Å². The molecule has 1 fully saturated rings. The molecule has 5 heteroatoms. The minimum Gasteiger partial charge on any atom is -0.345 e. The highest BCUT2D eigenvalue weighted by molar-refractivity contribution is 5.93. The Morgan fingerprint density at radius 3 is 2.38 bits per heavy atom. The van der Waals surface area contributed by atoms with Gasteiger partial charge in [0.05, 0.1) is 12.0 Å². The average Bonchev–Trinajstić information content (AvgIpc) is 3.33. The Hall–Kier alpha value is -2.95. The molecule has 1 aromatic heterocycles. The van der Waals surface area contributed by atoms with E-state index in [0.29, 0.717) is 17.3 Å². The van der Waals surface area contributed by atoms with Gasteiger partial charge in [0, 0.05) is 5.56 Å². The summed E-state index contributed by atoms with van der Waals surface area (Å²) in [5.74, 6) is 0.986. The molecule has 120 valence electrons. The summed E-state index contributed by atoms with van der Waals surface area (Å²) in [6.45, 7) is 0.252. The van der Waals surface area contributed by atoms with Crippen LogP contribution in [0.15, 0.2) is 65.2 Å². The van der Waals surface area contributed by atoms with Gasteiger partial charge in [-0.25, -0.2) is 0 Å². The van der Waals surface area contributed by atoms with Crippen molar-refractivity contribution in [1.29, 1.82) is 0 Å². The van der Waals surface area contributed by atoms with Gasteiger partial charge >= 0.3 is 0 Å². The third kappa shape index (κ3) is 2.69. The second kappa shape index (κ2) is 5.92. The number of rotatable bonds is 5. The van der Waals surface area contributed by atoms with E-state index in [4.69, 9.17) is 4.52 Å². The lowest BCUT2D eigenvalue weighted by Crippen LogP contribution is -2.23. The first-order valence-corrected chi connectivity index (χ1v) is 8.00. The van der Waals surface area contributed by atoms with Gasteiger partial charge in [-0.15, -0.1) is 0 Å². The normalized spacial score (nSPS) is 15.0. The smallest absolute Gasteiger partial charge is 0.251 e. The molecule has 0 unspecified atom stereocenters. The van der Waals surface area contributed by atoms with Crippen LogP contribution < -0.4 is 5.32 Å². The van der Waals surface area contributed by atoms with Gasteiger partial charge in [0.25, 0.3) is 5.91 Å². The molecule has 4 rings (SSSR count). The Morgan fingerprint density at radius 2 is 1.71 bits per heavy atom. The maximum atomic E-state index is 12.1. The first kappa shape index (κ1) is 14.6. The van der Waals surface area contributed by atoms with Crippen LogP contribution in [0.1, 0.15) is 40.5 Å². The summed E-state index contributed by atoms with van der Waals surface area (Å²) >= 11 is 0. The van der Waals surface area contributed by atoms with E-state index < -0.39 is 0 Å². The van der Waals surface area contributed by atoms with Gasteiger partial charge in [-0.1, -0.05) is 53.7 Å². The number of carbonyl (C=O) groups is 1. The van der Waals surface area contributed by atoms with E-state index in [-0.39, 0.29) is 17.9 Å². The Balaban J connectivity index is 1.45. The fraction of sp³-hybridized carbons (Fsp3) is 0.211. The molecule has 3 aromatic rings. The van der Waals surface area contributed by atoms with Crippen molar-refractivity contribution < 1.29 is 9.32 Å². The van der Waals surface area contributed by atoms with Crippen molar-refractivity contribution in [2.24, 2.45) is 0 Å². The van der Waals surface area contributed by atoms with Crippen molar-refractivity contribution in [2.45, 2.75) is 24.8 Å². The Bertz CT molecular complexity index is 839. The maximum absolute atomic E-state index is 12.1. The lowest BCUT2D eigenvalue weighted by Gasteiger charge is -2.09. The fourth-order valence-electron chi connectivity index (χ4n) is 2.88. The largest absolute Gasteiger partial charge is 0.345 e. The predicted octanol–water partition coefficient (Wildman–Crippen LogP) is 3.08. The van der Waals surface area contributed by atoms with Crippen LogP contribution in [-0.2, 0) is 12.0 Å². The SMILES string of the molecule is O=C(NCc1noc(C2(c3ccccc3)CC2)n1)c1ccccc1. The molecule has 0 aliphatic heterocycles. The van der Waals surface area contributed by atoms with Crippen molar-refractivity contribution in [1.82, 2.24) is 15.5 Å². The monoisotopic (exact) mass is 319 g/mol. The van der Waals surface area contributed by atoms with E-state index in [1.165, 1.54) is 5.56 Å². The molecule has 1 N–H and O–H groups in total. The lowest BCUT2D eigenvalue weighted by molar-refractivity contribution is 0.0949. The number of hydrogen-bond acceptors (Lipinski definition) is 4. The van der Waals surface area contributed by atoms with Crippen LogP contribution in [0.5, 0.6) is 0 Å². The Morgan fingerprint density at radius 1 is 1.04 bits per heavy atom. The molecule has 0 bridgehead atoms. The third-order valence-corrected chi connectivity index (χ3v) is 4.40. The van der Waals surface area contributed by atoms with Gasteiger partial charge in [-0.3, -0.25) is 4.79 Å². The molecule has 1 amide bonds. The molecule has 1 heterocycles. The van der Waals surface area contributed by atoms with Crippen LogP contribution in [0.4, 0.5) is 0 Å². The van der Waals surface area contributed by atoms with E-state index in [2.05, 4.69) is 27.6 Å². The minimum atomic E-state index is -0.147. The maximum Gasteiger partial charge on any atom is 0.251 e. The van der Waals surface area contributed by atoms with Crippen LogP contribution in [0.3, 0.4) is 0 Å². The van der Waals surface area contributed by atoms with Crippen LogP contribution >= 0.6 is 0 Å². The quantitative estimate of drug-likeness (QED) is 0.785. The van der Waals surface area contributed by atoms with Crippen LogP contribution in [0, 0.1) is 0 Å². The van der Waals surface area contributed by atoms with E-state index in [1.54, 1.807) is 12.1 Å². The van der Waals surface area contributed by atoms with Gasteiger partial charge in [0.15, 0.2) is 5.82 Å². The molecule has 0 spiro atoms. The summed E-state index contributed by atoms with van der Waals surface area (Å²) in [6.07, 6.45) is 2.02. The summed E-state index contributed by atoms with van der Waals surface area (Å²) in [5.41, 5.74) is 1.67. The van der Waals surface area contributed by atoms with E-state index in [0.717, 1.165) is 12.8 Å². The summed E-state index contributed by atoms with van der Waals surface area (Å²) in [5, 5.41) is 6.83. The standard InChI is InChI=1S/C19H17N3O2/c23-17(14-7-3-1-4-8-14)20-13-16-21-18(24-22-16)19(11-12-19)15-9-5-2-6-10-15/h1-10H,11-13H2,(H,20,23). The molecule has 5 nitrogen and oxygen atoms in total. The molecular formula is C19H17N3O2. The molecule has 1 aliphatic carbocycles. The molecule has 2 aromatic carbocycles. The summed E-state index contributed by atoms with van der Waals surface area (Å²) < 4.78 is 5.47. The van der Waals surface area contributed by atoms with E-state index >= 15 is 0 Å². The number of amides is 1. The number of hydrogen-bond donors (Lipinski definition) is 1. The van der Waals surface area contributed by atoms with Gasteiger partial charge in [-0.05, 0) is 30.5 Å². The van der Waals surface area contributed by atoms with Gasteiger partial charge in [-0.2, -0.15) is 4.98 Å². The Labute approximate surface area is 139 Å². The zero-order valence-corrected chi connectivity index (χ0v) is 13.1. The molecule has 1 aliphatic rings. The lowest BCUT2D eigenvalue weighted by atomic mass is 9.96. The third-order valence-electron chi connectivity index (χ3n) is 4.40. The highest BCUT2D eigenvalue weighted by Crippen LogP contribution is 2.52. The van der Waals surface area contributed by atoms with Crippen LogP contribution in [-0.4, -0.2) is 16.0 Å². The Kier molecular flexibility index (Phi) is 3.61. The predicted molar refractivity (Wildman–Crippen MR) is 88.4 cm³/mol. The van der Waals surface area contributed by atoms with Crippen molar-refractivity contribution in [3.63, 3.8) is 0 Å². The minimum absolute atomic E-state index is 0.143. The second-order valence-corrected chi connectivity index (χ2v) is 6.01. The van der Waals surface area contributed by atoms with Crippen LogP contribution in [0.2, 0.25) is 0 Å². The molecular weight excluding hydrogens is 302 g/mol. The number of nitrogens with one attached hydrogen (secondary N) is 1. The van der Waals surface area contributed by atoms with Crippen molar-refractivity contribution in [2.75, 3.05) is 0 Å². The first-order chi connectivity index (χ1) is 11.8. The van der Waals surface area contributed by atoms with Gasteiger partial charge in [0.2, 0.25) is 5.89 Å². The number of carbonyl (C=O) groups excluding carboxylic acids is 1. The van der Waals surface area contributed by atoms with E-state index in [1.807, 2.05) is 36.4 Å². The zero-order chi connectivity index (χ0) is 16.4. The zero-order valence-electron chi connectivity index (χ0n) is 13.1. The fourth-order valence-corrected chi connectivity index (χ4v) is 2.88. The molecule has 0 radical (unpaired) electrons. The number of nitrogens with zero attached hydrogens (tertiary/aromatic N) is 2. The highest BCUT2D eigenvalue weighted by Gasteiger charge is 2.50. The van der Waals surface area contributed by atoms with Crippen molar-refractivity contribution >= 4 is 5.91 Å². The molecule has 24 heavy (non-hydrogen) atoms. The average molecular weight is 319 g/mol. The van der Waals surface area contributed by atoms with Crippen molar-refractivity contribution in [3.05, 3.63) is 83.5 Å². The highest BCUT2D eigenvalue weighted by atomic mass is 16.5. The van der Waals surface area contributed by atoms with Crippen molar-refractivity contribution in [3.8, 4) is 0 Å². The van der Waals surface area contributed by atoms with Gasteiger partial charge in [0.1, 0.15) is 0 Å². The number of aromatic nitrogens is 2. The summed E-state index contributed by atoms with van der Waals surface area (Å²) in [4.78, 5) is 16.6. The summed E-state index contributed by atoms with van der Waals surface area (Å²) in [6, 6.07) is 19.3. The van der Waals surface area contributed by atoms with E-state index in [9.17, 15) is 4.79 Å².